The second kappa shape index (κ2) is 8.57. The number of carbonyl (C=O) groups is 1. The average Bonchev–Trinajstić information content (AvgIpc) is 2.58. The lowest BCUT2D eigenvalue weighted by Crippen LogP contribution is -2.48. The van der Waals surface area contributed by atoms with E-state index in [1.54, 1.807) is 6.92 Å². The van der Waals surface area contributed by atoms with Gasteiger partial charge in [-0.15, -0.1) is 0 Å². The van der Waals surface area contributed by atoms with Crippen LogP contribution >= 0.6 is 0 Å². The lowest BCUT2D eigenvalue weighted by atomic mass is 10.0. The summed E-state index contributed by atoms with van der Waals surface area (Å²) >= 11 is 0. The standard InChI is InChI=1S/C16H24N2O5S/c1-3-23-16(19)13-18(10-11-22-2)24(20,21)17-9-8-14-6-4-5-7-15(14)12-17/h4-7H,3,8-13H2,1-2H3. The molecular formula is C16H24N2O5S. The van der Waals surface area contributed by atoms with Crippen LogP contribution in [0.5, 0.6) is 0 Å². The normalized spacial score (nSPS) is 15.3. The summed E-state index contributed by atoms with van der Waals surface area (Å²) < 4.78 is 38.3. The molecule has 0 atom stereocenters. The number of esters is 1. The van der Waals surface area contributed by atoms with E-state index in [9.17, 15) is 13.2 Å². The molecule has 2 rings (SSSR count). The molecule has 0 spiro atoms. The molecule has 0 aliphatic carbocycles. The van der Waals surface area contributed by atoms with Crippen LogP contribution in [0.15, 0.2) is 24.3 Å². The minimum Gasteiger partial charge on any atom is -0.465 e. The first kappa shape index (κ1) is 18.9. The molecular weight excluding hydrogens is 332 g/mol. The van der Waals surface area contributed by atoms with Gasteiger partial charge >= 0.3 is 5.97 Å². The first-order valence-electron chi connectivity index (χ1n) is 7.95. The first-order valence-corrected chi connectivity index (χ1v) is 9.35. The van der Waals surface area contributed by atoms with Crippen LogP contribution in [0, 0.1) is 0 Å². The highest BCUT2D eigenvalue weighted by molar-refractivity contribution is 7.86. The van der Waals surface area contributed by atoms with Gasteiger partial charge in [0.25, 0.3) is 10.2 Å². The van der Waals surface area contributed by atoms with Gasteiger partial charge in [-0.25, -0.2) is 0 Å². The van der Waals surface area contributed by atoms with Gasteiger partial charge in [0.15, 0.2) is 0 Å². The molecule has 0 saturated carbocycles. The number of nitrogens with zero attached hydrogens (tertiary/aromatic N) is 2. The van der Waals surface area contributed by atoms with Gasteiger partial charge < -0.3 is 9.47 Å². The van der Waals surface area contributed by atoms with E-state index in [0.717, 1.165) is 15.4 Å². The van der Waals surface area contributed by atoms with Crippen LogP contribution in [0.3, 0.4) is 0 Å². The Hall–Kier alpha value is -1.48. The van der Waals surface area contributed by atoms with E-state index in [-0.39, 0.29) is 26.3 Å². The lowest BCUT2D eigenvalue weighted by molar-refractivity contribution is -0.143. The van der Waals surface area contributed by atoms with E-state index < -0.39 is 16.2 Å². The van der Waals surface area contributed by atoms with Gasteiger partial charge in [-0.1, -0.05) is 24.3 Å². The molecule has 0 saturated heterocycles. The van der Waals surface area contributed by atoms with E-state index in [1.165, 1.54) is 11.4 Å². The lowest BCUT2D eigenvalue weighted by Gasteiger charge is -2.32. The Morgan fingerprint density at radius 2 is 2.00 bits per heavy atom. The maximum Gasteiger partial charge on any atom is 0.321 e. The molecule has 0 N–H and O–H groups in total. The molecule has 0 amide bonds. The summed E-state index contributed by atoms with van der Waals surface area (Å²) in [5, 5.41) is 0. The van der Waals surface area contributed by atoms with Crippen molar-refractivity contribution in [2.45, 2.75) is 19.9 Å². The van der Waals surface area contributed by atoms with E-state index in [2.05, 4.69) is 0 Å². The third-order valence-corrected chi connectivity index (χ3v) is 5.83. The van der Waals surface area contributed by atoms with Crippen molar-refractivity contribution in [2.75, 3.05) is 40.0 Å². The Morgan fingerprint density at radius 3 is 2.67 bits per heavy atom. The number of methoxy groups -OCH3 is 1. The zero-order valence-corrected chi connectivity index (χ0v) is 14.9. The molecule has 1 aliphatic rings. The van der Waals surface area contributed by atoms with Gasteiger partial charge in [-0.2, -0.15) is 17.0 Å². The Labute approximate surface area is 143 Å². The molecule has 8 heteroatoms. The van der Waals surface area contributed by atoms with Gasteiger partial charge in [-0.05, 0) is 24.5 Å². The van der Waals surface area contributed by atoms with Gasteiger partial charge in [0.1, 0.15) is 6.54 Å². The highest BCUT2D eigenvalue weighted by atomic mass is 32.2. The Balaban J connectivity index is 2.16. The molecule has 0 radical (unpaired) electrons. The summed E-state index contributed by atoms with van der Waals surface area (Å²) in [5.74, 6) is -0.561. The zero-order valence-electron chi connectivity index (χ0n) is 14.1. The minimum atomic E-state index is -3.77. The number of hydrogen-bond acceptors (Lipinski definition) is 5. The van der Waals surface area contributed by atoms with E-state index in [4.69, 9.17) is 9.47 Å². The van der Waals surface area contributed by atoms with E-state index in [1.807, 2.05) is 24.3 Å². The number of benzene rings is 1. The fourth-order valence-corrected chi connectivity index (χ4v) is 4.17. The summed E-state index contributed by atoms with van der Waals surface area (Å²) in [6, 6.07) is 7.80. The molecule has 7 nitrogen and oxygen atoms in total. The Kier molecular flexibility index (Phi) is 6.73. The number of hydrogen-bond donors (Lipinski definition) is 0. The predicted molar refractivity (Wildman–Crippen MR) is 89.6 cm³/mol. The second-order valence-corrected chi connectivity index (χ2v) is 7.42. The molecule has 1 aromatic carbocycles. The van der Waals surface area contributed by atoms with Crippen molar-refractivity contribution in [3.8, 4) is 0 Å². The highest BCUT2D eigenvalue weighted by Gasteiger charge is 2.33. The Bertz CT molecular complexity index is 662. The van der Waals surface area contributed by atoms with Crippen molar-refractivity contribution in [3.05, 3.63) is 35.4 Å². The topological polar surface area (TPSA) is 76.1 Å². The van der Waals surface area contributed by atoms with Crippen LogP contribution in [0.2, 0.25) is 0 Å². The summed E-state index contributed by atoms with van der Waals surface area (Å²) in [4.78, 5) is 11.8. The maximum absolute atomic E-state index is 12.9. The number of rotatable bonds is 8. The van der Waals surface area contributed by atoms with Crippen molar-refractivity contribution in [3.63, 3.8) is 0 Å². The van der Waals surface area contributed by atoms with Crippen molar-refractivity contribution in [2.24, 2.45) is 0 Å². The average molecular weight is 356 g/mol. The van der Waals surface area contributed by atoms with Crippen LogP contribution < -0.4 is 0 Å². The molecule has 1 heterocycles. The van der Waals surface area contributed by atoms with Crippen LogP contribution in [-0.4, -0.2) is 63.0 Å². The second-order valence-electron chi connectivity index (χ2n) is 5.49. The summed E-state index contributed by atoms with van der Waals surface area (Å²) in [6.45, 7) is 2.62. The van der Waals surface area contributed by atoms with Gasteiger partial charge in [-0.3, -0.25) is 4.79 Å². The van der Waals surface area contributed by atoms with Crippen molar-refractivity contribution in [1.82, 2.24) is 8.61 Å². The van der Waals surface area contributed by atoms with Crippen LogP contribution in [-0.2, 0) is 37.4 Å². The quantitative estimate of drug-likeness (QED) is 0.644. The molecule has 1 aromatic rings. The third kappa shape index (κ3) is 4.54. The molecule has 134 valence electrons. The molecule has 0 aromatic heterocycles. The summed E-state index contributed by atoms with van der Waals surface area (Å²) in [5.41, 5.74) is 2.16. The van der Waals surface area contributed by atoms with Crippen molar-refractivity contribution < 1.29 is 22.7 Å². The minimum absolute atomic E-state index is 0.107. The fourth-order valence-electron chi connectivity index (χ4n) is 2.65. The SMILES string of the molecule is CCOC(=O)CN(CCOC)S(=O)(=O)N1CCc2ccccc2C1. The molecule has 24 heavy (non-hydrogen) atoms. The largest absolute Gasteiger partial charge is 0.465 e. The number of carbonyl (C=O) groups excluding carboxylic acids is 1. The molecule has 0 bridgehead atoms. The maximum atomic E-state index is 12.9. The smallest absolute Gasteiger partial charge is 0.321 e. The van der Waals surface area contributed by atoms with Crippen LogP contribution in [0.1, 0.15) is 18.1 Å². The van der Waals surface area contributed by atoms with Crippen LogP contribution in [0.4, 0.5) is 0 Å². The highest BCUT2D eigenvalue weighted by Crippen LogP contribution is 2.22. The predicted octanol–water partition coefficient (Wildman–Crippen LogP) is 0.801. The fraction of sp³-hybridized carbons (Fsp3) is 0.562. The number of ether oxygens (including phenoxy) is 2. The van der Waals surface area contributed by atoms with Crippen LogP contribution in [0.25, 0.3) is 0 Å². The third-order valence-electron chi connectivity index (χ3n) is 3.90. The molecule has 1 aliphatic heterocycles. The van der Waals surface area contributed by atoms with E-state index >= 15 is 0 Å². The summed E-state index contributed by atoms with van der Waals surface area (Å²) in [7, 11) is -2.27. The molecule has 0 unspecified atom stereocenters. The van der Waals surface area contributed by atoms with Crippen molar-refractivity contribution >= 4 is 16.2 Å². The monoisotopic (exact) mass is 356 g/mol. The zero-order chi connectivity index (χ0) is 17.6. The first-order chi connectivity index (χ1) is 11.5. The molecule has 0 fully saturated rings. The summed E-state index contributed by atoms with van der Waals surface area (Å²) in [6.07, 6.45) is 0.660. The van der Waals surface area contributed by atoms with Crippen molar-refractivity contribution in [1.29, 1.82) is 0 Å². The van der Waals surface area contributed by atoms with Gasteiger partial charge in [0, 0.05) is 26.7 Å². The Morgan fingerprint density at radius 1 is 1.29 bits per heavy atom. The van der Waals surface area contributed by atoms with E-state index in [0.29, 0.717) is 19.5 Å². The van der Waals surface area contributed by atoms with Gasteiger partial charge in [0.05, 0.1) is 13.2 Å². The number of fused-ring (bicyclic) bond motifs is 1. The van der Waals surface area contributed by atoms with Gasteiger partial charge in [0.2, 0.25) is 0 Å².